The number of aliphatic hydroxyl groups excluding tert-OH is 1. The highest BCUT2D eigenvalue weighted by Crippen LogP contribution is 2.45. The number of carbonyl (C=O) groups is 4. The largest absolute Gasteiger partial charge is 0.472 e. The Morgan fingerprint density at radius 1 is 0.250 bits per heavy atom. The van der Waals surface area contributed by atoms with Crippen molar-refractivity contribution in [3.8, 4) is 0 Å². The van der Waals surface area contributed by atoms with Gasteiger partial charge in [-0.2, -0.15) is 0 Å². The standard InChI is InChI=1S/C93H182O17P2/c1-9-84(6)70-62-54-46-38-32-26-20-16-12-14-18-22-30-36-42-50-59-67-75-92(97)109-88(79-103-90(95)73-65-57-49-41-35-29-25-24-28-34-40-48-56-64-72-86(8)11-3)81-107-111(99,100)105-77-87(94)78-106-112(101,102)108-82-89(80-104-91(96)74-66-58-52-44-45-53-61-69-83(4)5)110-93(98)76-68-60-51-43-37-31-23-19-15-13-17-21-27-33-39-47-55-63-71-85(7)10-2/h83-89,94H,9-82H2,1-8H3,(H,99,100)(H,101,102)/t84?,85?,86?,87?,88-,89-/m1/s1. The summed E-state index contributed by atoms with van der Waals surface area (Å²) in [6.07, 6.45) is 73.7. The van der Waals surface area contributed by atoms with Crippen LogP contribution < -0.4 is 0 Å². The number of aliphatic hydroxyl groups is 1. The van der Waals surface area contributed by atoms with Gasteiger partial charge < -0.3 is 33.8 Å². The molecule has 0 amide bonds. The molecule has 0 rings (SSSR count). The van der Waals surface area contributed by atoms with Gasteiger partial charge in [0.1, 0.15) is 19.3 Å². The van der Waals surface area contributed by atoms with E-state index in [1.54, 1.807) is 0 Å². The lowest BCUT2D eigenvalue weighted by atomic mass is 9.99. The zero-order valence-corrected chi connectivity index (χ0v) is 76.1. The summed E-state index contributed by atoms with van der Waals surface area (Å²) < 4.78 is 69.1. The second kappa shape index (κ2) is 81.4. The Balaban J connectivity index is 5.21. The minimum absolute atomic E-state index is 0.108. The summed E-state index contributed by atoms with van der Waals surface area (Å²) in [6, 6.07) is 0. The summed E-state index contributed by atoms with van der Waals surface area (Å²) in [6.45, 7) is 14.5. The molecule has 0 aliphatic heterocycles. The van der Waals surface area contributed by atoms with Crippen LogP contribution in [0.4, 0.5) is 0 Å². The molecular formula is C93H182O17P2. The molecule has 0 heterocycles. The van der Waals surface area contributed by atoms with Crippen LogP contribution in [0.25, 0.3) is 0 Å². The molecule has 0 aromatic rings. The molecule has 3 N–H and O–H groups in total. The summed E-state index contributed by atoms with van der Waals surface area (Å²) in [4.78, 5) is 73.4. The van der Waals surface area contributed by atoms with Crippen molar-refractivity contribution in [1.29, 1.82) is 0 Å². The molecule has 19 heteroatoms. The molecule has 0 aromatic heterocycles. The monoisotopic (exact) mass is 1630 g/mol. The molecule has 0 radical (unpaired) electrons. The van der Waals surface area contributed by atoms with Crippen LogP contribution in [-0.2, 0) is 65.4 Å². The van der Waals surface area contributed by atoms with E-state index in [1.807, 2.05) is 0 Å². The Labute approximate surface area is 689 Å². The molecule has 17 nitrogen and oxygen atoms in total. The predicted molar refractivity (Wildman–Crippen MR) is 464 cm³/mol. The number of ether oxygens (including phenoxy) is 4. The molecule has 666 valence electrons. The van der Waals surface area contributed by atoms with Crippen molar-refractivity contribution >= 4 is 39.5 Å². The van der Waals surface area contributed by atoms with Crippen molar-refractivity contribution in [2.45, 2.75) is 510 Å². The maximum Gasteiger partial charge on any atom is 0.472 e. The van der Waals surface area contributed by atoms with E-state index in [0.29, 0.717) is 31.6 Å². The first-order valence-corrected chi connectivity index (χ1v) is 50.8. The fraction of sp³-hybridized carbons (Fsp3) is 0.957. The van der Waals surface area contributed by atoms with Crippen LogP contribution in [0.1, 0.15) is 492 Å². The molecule has 6 unspecified atom stereocenters. The van der Waals surface area contributed by atoms with Crippen LogP contribution in [0.5, 0.6) is 0 Å². The number of hydrogen-bond acceptors (Lipinski definition) is 15. The minimum atomic E-state index is -4.97. The number of rotatable bonds is 90. The predicted octanol–water partition coefficient (Wildman–Crippen LogP) is 28.7. The van der Waals surface area contributed by atoms with E-state index in [4.69, 9.17) is 37.0 Å². The normalized spacial score (nSPS) is 14.5. The molecule has 0 saturated heterocycles. The van der Waals surface area contributed by atoms with Gasteiger partial charge in [-0.3, -0.25) is 37.3 Å². The number of phosphoric acid groups is 2. The van der Waals surface area contributed by atoms with Crippen LogP contribution in [0.3, 0.4) is 0 Å². The summed E-state index contributed by atoms with van der Waals surface area (Å²) in [5, 5.41) is 10.7. The number of phosphoric ester groups is 2. The van der Waals surface area contributed by atoms with Crippen molar-refractivity contribution in [2.24, 2.45) is 23.7 Å². The van der Waals surface area contributed by atoms with Gasteiger partial charge in [0.15, 0.2) is 12.2 Å². The zero-order chi connectivity index (χ0) is 82.3. The highest BCUT2D eigenvalue weighted by atomic mass is 31.2. The van der Waals surface area contributed by atoms with E-state index in [0.717, 1.165) is 114 Å². The maximum absolute atomic E-state index is 13.2. The smallest absolute Gasteiger partial charge is 0.462 e. The molecule has 0 fully saturated rings. The number of esters is 4. The molecule has 112 heavy (non-hydrogen) atoms. The quantitative estimate of drug-likeness (QED) is 0.0222. The second-order valence-corrected chi connectivity index (χ2v) is 37.5. The Bertz CT molecular complexity index is 2170. The third-order valence-corrected chi connectivity index (χ3v) is 24.8. The summed E-state index contributed by atoms with van der Waals surface area (Å²) in [7, 11) is -9.94. The summed E-state index contributed by atoms with van der Waals surface area (Å²) in [5.41, 5.74) is 0. The number of carbonyl (C=O) groups excluding carboxylic acids is 4. The fourth-order valence-corrected chi connectivity index (χ4v) is 16.0. The molecule has 0 saturated carbocycles. The van der Waals surface area contributed by atoms with Gasteiger partial charge in [0.2, 0.25) is 0 Å². The summed E-state index contributed by atoms with van der Waals surface area (Å²) >= 11 is 0. The van der Waals surface area contributed by atoms with E-state index in [2.05, 4.69) is 55.4 Å². The first kappa shape index (κ1) is 110. The van der Waals surface area contributed by atoms with Gasteiger partial charge in [0, 0.05) is 25.7 Å². The molecule has 0 spiro atoms. The maximum atomic E-state index is 13.2. The first-order chi connectivity index (χ1) is 54.2. The van der Waals surface area contributed by atoms with E-state index in [-0.39, 0.29) is 25.7 Å². The zero-order valence-electron chi connectivity index (χ0n) is 74.3. The van der Waals surface area contributed by atoms with Crippen molar-refractivity contribution in [2.75, 3.05) is 39.6 Å². The molecule has 0 aromatic carbocycles. The molecule has 8 atom stereocenters. The lowest BCUT2D eigenvalue weighted by Crippen LogP contribution is -2.30. The van der Waals surface area contributed by atoms with Gasteiger partial charge in [-0.15, -0.1) is 0 Å². The Kier molecular flexibility index (Phi) is 80.0. The lowest BCUT2D eigenvalue weighted by molar-refractivity contribution is -0.161. The Morgan fingerprint density at radius 3 is 0.634 bits per heavy atom. The highest BCUT2D eigenvalue weighted by molar-refractivity contribution is 7.47. The van der Waals surface area contributed by atoms with Crippen LogP contribution in [0, 0.1) is 23.7 Å². The van der Waals surface area contributed by atoms with Crippen molar-refractivity contribution < 1.29 is 80.2 Å². The van der Waals surface area contributed by atoms with Gasteiger partial charge in [0.05, 0.1) is 26.4 Å². The van der Waals surface area contributed by atoms with Gasteiger partial charge in [-0.05, 0) is 49.4 Å². The van der Waals surface area contributed by atoms with Gasteiger partial charge in [-0.1, -0.05) is 441 Å². The third kappa shape index (κ3) is 81.8. The SMILES string of the molecule is CCC(C)CCCCCCCCCCCCCCCCCCCCC(=O)O[C@H](COC(=O)CCCCCCCCCCCCCCCCC(C)CC)COP(=O)(O)OCC(O)COP(=O)(O)OC[C@@H](COC(=O)CCCCCCCCCC(C)C)OC(=O)CCCCCCCCCCCCCCCCCCCCC(C)CC. The van der Waals surface area contributed by atoms with E-state index < -0.39 is 97.5 Å². The van der Waals surface area contributed by atoms with E-state index in [9.17, 15) is 43.2 Å². The van der Waals surface area contributed by atoms with Crippen molar-refractivity contribution in [3.63, 3.8) is 0 Å². The second-order valence-electron chi connectivity index (χ2n) is 34.6. The first-order valence-electron chi connectivity index (χ1n) is 47.8. The van der Waals surface area contributed by atoms with Crippen LogP contribution in [0.15, 0.2) is 0 Å². The average Bonchev–Trinajstić information content (AvgIpc) is 0.893. The lowest BCUT2D eigenvalue weighted by Gasteiger charge is -2.21. The average molecular weight is 1630 g/mol. The van der Waals surface area contributed by atoms with Crippen LogP contribution >= 0.6 is 15.6 Å². The van der Waals surface area contributed by atoms with Crippen molar-refractivity contribution in [3.05, 3.63) is 0 Å². The Hall–Kier alpha value is -1.94. The molecular weight excluding hydrogens is 1450 g/mol. The topological polar surface area (TPSA) is 237 Å². The fourth-order valence-electron chi connectivity index (χ4n) is 14.5. The highest BCUT2D eigenvalue weighted by Gasteiger charge is 2.31. The third-order valence-electron chi connectivity index (χ3n) is 22.9. The Morgan fingerprint density at radius 2 is 0.429 bits per heavy atom. The molecule has 0 bridgehead atoms. The van der Waals surface area contributed by atoms with E-state index >= 15 is 0 Å². The summed E-state index contributed by atoms with van der Waals surface area (Å²) in [5.74, 6) is 1.20. The van der Waals surface area contributed by atoms with Crippen molar-refractivity contribution in [1.82, 2.24) is 0 Å². The minimum Gasteiger partial charge on any atom is -0.462 e. The molecule has 0 aliphatic carbocycles. The number of hydrogen-bond donors (Lipinski definition) is 3. The molecule has 0 aliphatic rings. The van der Waals surface area contributed by atoms with E-state index in [1.165, 1.54) is 289 Å². The van der Waals surface area contributed by atoms with Gasteiger partial charge >= 0.3 is 39.5 Å². The van der Waals surface area contributed by atoms with Crippen LogP contribution in [0.2, 0.25) is 0 Å². The van der Waals surface area contributed by atoms with Gasteiger partial charge in [-0.25, -0.2) is 9.13 Å². The van der Waals surface area contributed by atoms with Crippen LogP contribution in [-0.4, -0.2) is 96.7 Å². The van der Waals surface area contributed by atoms with Gasteiger partial charge in [0.25, 0.3) is 0 Å². The number of unbranched alkanes of at least 4 members (excludes halogenated alkanes) is 53.